The summed E-state index contributed by atoms with van der Waals surface area (Å²) in [6, 6.07) is 22.1. The van der Waals surface area contributed by atoms with Crippen molar-refractivity contribution in [2.75, 3.05) is 0 Å². The molecule has 0 aliphatic heterocycles. The maximum absolute atomic E-state index is 12.8. The molecule has 4 aromatic rings. The summed E-state index contributed by atoms with van der Waals surface area (Å²) in [7, 11) is 0. The summed E-state index contributed by atoms with van der Waals surface area (Å²) in [4.78, 5) is 25.5. The third-order valence-electron chi connectivity index (χ3n) is 4.20. The minimum absolute atomic E-state index is 0.0409. The van der Waals surface area contributed by atoms with Gasteiger partial charge in [0.2, 0.25) is 5.55 Å². The average molecular weight is 403 g/mol. The molecule has 0 atom stereocenters. The van der Waals surface area contributed by atoms with Crippen LogP contribution in [0.15, 0.2) is 87.7 Å². The molecule has 2 aromatic carbocycles. The number of carbonyl (C=O) groups excluding carboxylic acids is 2. The molecule has 2 aromatic heterocycles. The van der Waals surface area contributed by atoms with E-state index in [1.54, 1.807) is 29.6 Å². The number of hydrogen-bond acceptors (Lipinski definition) is 5. The summed E-state index contributed by atoms with van der Waals surface area (Å²) >= 11 is 1.30. The highest BCUT2D eigenvalue weighted by atomic mass is 32.1. The number of para-hydroxylation sites is 1. The number of carbonyl (C=O) groups is 2. The lowest BCUT2D eigenvalue weighted by molar-refractivity contribution is 0.0934. The Morgan fingerprint density at radius 3 is 2.52 bits per heavy atom. The second kappa shape index (κ2) is 8.53. The molecule has 7 heteroatoms. The molecule has 4 rings (SSSR count). The second-order valence-corrected chi connectivity index (χ2v) is 7.15. The number of rotatable bonds is 5. The molecule has 0 aliphatic carbocycles. The van der Waals surface area contributed by atoms with Gasteiger partial charge in [-0.3, -0.25) is 9.59 Å². The van der Waals surface area contributed by atoms with Crippen LogP contribution in [-0.4, -0.2) is 11.8 Å². The molecule has 0 radical (unpaired) electrons. The molecular weight excluding hydrogens is 386 g/mol. The third kappa shape index (κ3) is 4.41. The zero-order chi connectivity index (χ0) is 20.1. The van der Waals surface area contributed by atoms with Crippen molar-refractivity contribution in [2.45, 2.75) is 6.54 Å². The Labute approximate surface area is 170 Å². The van der Waals surface area contributed by atoms with E-state index in [4.69, 9.17) is 4.42 Å². The van der Waals surface area contributed by atoms with E-state index in [0.29, 0.717) is 17.0 Å². The van der Waals surface area contributed by atoms with Gasteiger partial charge < -0.3 is 9.73 Å². The number of benzene rings is 2. The van der Waals surface area contributed by atoms with Crippen molar-refractivity contribution in [3.8, 4) is 0 Å². The number of nitrogens with zero attached hydrogens (tertiary/aromatic N) is 1. The van der Waals surface area contributed by atoms with Crippen LogP contribution in [0.1, 0.15) is 25.6 Å². The topological polar surface area (TPSA) is 83.7 Å². The largest absolute Gasteiger partial charge is 0.436 e. The van der Waals surface area contributed by atoms with Crippen molar-refractivity contribution in [2.24, 2.45) is 5.10 Å². The molecule has 2 amide bonds. The lowest BCUT2D eigenvalue weighted by Crippen LogP contribution is -2.30. The lowest BCUT2D eigenvalue weighted by Gasteiger charge is -2.07. The van der Waals surface area contributed by atoms with Crippen LogP contribution < -0.4 is 16.3 Å². The van der Waals surface area contributed by atoms with Gasteiger partial charge >= 0.3 is 0 Å². The van der Waals surface area contributed by atoms with Crippen molar-refractivity contribution in [1.82, 2.24) is 10.7 Å². The van der Waals surface area contributed by atoms with Gasteiger partial charge in [0.25, 0.3) is 11.8 Å². The SMILES string of the molecule is O=C(N/N=c1/oc2ccccc2cc1C(=O)NCc1ccccc1)c1cccs1. The van der Waals surface area contributed by atoms with E-state index in [9.17, 15) is 9.59 Å². The van der Waals surface area contributed by atoms with Crippen molar-refractivity contribution >= 4 is 34.1 Å². The molecule has 0 spiro atoms. The Bertz CT molecular complexity index is 1220. The Kier molecular flexibility index (Phi) is 5.49. The van der Waals surface area contributed by atoms with Gasteiger partial charge in [0.1, 0.15) is 11.1 Å². The number of amides is 2. The second-order valence-electron chi connectivity index (χ2n) is 6.20. The summed E-state index contributed by atoms with van der Waals surface area (Å²) in [6.45, 7) is 0.369. The minimum atomic E-state index is -0.362. The molecule has 0 aliphatic rings. The van der Waals surface area contributed by atoms with Crippen LogP contribution in [0.5, 0.6) is 0 Å². The van der Waals surface area contributed by atoms with Gasteiger partial charge in [0, 0.05) is 11.9 Å². The summed E-state index contributed by atoms with van der Waals surface area (Å²) in [5.74, 6) is -0.702. The standard InChI is InChI=1S/C22H17N3O3S/c26-20(23-14-15-7-2-1-3-8-15)17-13-16-9-4-5-10-18(16)28-22(17)25-24-21(27)19-11-6-12-29-19/h1-13H,14H2,(H,23,26)(H,24,27)/b25-22+. The zero-order valence-electron chi connectivity index (χ0n) is 15.3. The van der Waals surface area contributed by atoms with Gasteiger partial charge in [-0.05, 0) is 29.1 Å². The first kappa shape index (κ1) is 18.6. The number of nitrogens with one attached hydrogen (secondary N) is 2. The molecule has 2 heterocycles. The normalized spacial score (nSPS) is 11.4. The maximum Gasteiger partial charge on any atom is 0.281 e. The van der Waals surface area contributed by atoms with Crippen LogP contribution in [0.4, 0.5) is 0 Å². The fourth-order valence-corrected chi connectivity index (χ4v) is 3.37. The maximum atomic E-state index is 12.8. The first-order valence-corrected chi connectivity index (χ1v) is 9.81. The molecular formula is C22H17N3O3S. The van der Waals surface area contributed by atoms with Gasteiger partial charge in [0.15, 0.2) is 0 Å². The van der Waals surface area contributed by atoms with Gasteiger partial charge in [-0.1, -0.05) is 54.6 Å². The molecule has 0 fully saturated rings. The molecule has 0 saturated carbocycles. The lowest BCUT2D eigenvalue weighted by atomic mass is 10.1. The van der Waals surface area contributed by atoms with E-state index < -0.39 is 0 Å². The molecule has 0 saturated heterocycles. The molecule has 29 heavy (non-hydrogen) atoms. The van der Waals surface area contributed by atoms with Crippen LogP contribution in [0.2, 0.25) is 0 Å². The Balaban J connectivity index is 1.65. The molecule has 144 valence electrons. The van der Waals surface area contributed by atoms with E-state index in [0.717, 1.165) is 10.9 Å². The highest BCUT2D eigenvalue weighted by molar-refractivity contribution is 7.12. The van der Waals surface area contributed by atoms with E-state index >= 15 is 0 Å². The monoisotopic (exact) mass is 403 g/mol. The fraction of sp³-hybridized carbons (Fsp3) is 0.0455. The highest BCUT2D eigenvalue weighted by Gasteiger charge is 2.13. The molecule has 0 bridgehead atoms. The predicted molar refractivity (Wildman–Crippen MR) is 111 cm³/mol. The van der Waals surface area contributed by atoms with Crippen LogP contribution in [0.3, 0.4) is 0 Å². The number of thiophene rings is 1. The van der Waals surface area contributed by atoms with Crippen molar-refractivity contribution < 1.29 is 14.0 Å². The van der Waals surface area contributed by atoms with Crippen molar-refractivity contribution in [1.29, 1.82) is 0 Å². The fourth-order valence-electron chi connectivity index (χ4n) is 2.75. The first-order valence-electron chi connectivity index (χ1n) is 8.93. The van der Waals surface area contributed by atoms with Crippen LogP contribution >= 0.6 is 11.3 Å². The van der Waals surface area contributed by atoms with E-state index in [1.165, 1.54) is 11.3 Å². The van der Waals surface area contributed by atoms with Gasteiger partial charge in [0.05, 0.1) is 4.88 Å². The first-order chi connectivity index (χ1) is 14.2. The Morgan fingerprint density at radius 1 is 0.931 bits per heavy atom. The third-order valence-corrected chi connectivity index (χ3v) is 5.07. The summed E-state index contributed by atoms with van der Waals surface area (Å²) in [6.07, 6.45) is 0. The van der Waals surface area contributed by atoms with E-state index in [2.05, 4.69) is 15.8 Å². The molecule has 2 N–H and O–H groups in total. The summed E-state index contributed by atoms with van der Waals surface area (Å²) < 4.78 is 5.80. The zero-order valence-corrected chi connectivity index (χ0v) is 16.1. The quantitative estimate of drug-likeness (QED) is 0.499. The Hall–Kier alpha value is -3.71. The van der Waals surface area contributed by atoms with E-state index in [1.807, 2.05) is 48.5 Å². The van der Waals surface area contributed by atoms with E-state index in [-0.39, 0.29) is 22.9 Å². The molecule has 6 nitrogen and oxygen atoms in total. The van der Waals surface area contributed by atoms with Gasteiger partial charge in [-0.25, -0.2) is 5.43 Å². The predicted octanol–water partition coefficient (Wildman–Crippen LogP) is 3.67. The van der Waals surface area contributed by atoms with Crippen LogP contribution in [-0.2, 0) is 6.54 Å². The molecule has 0 unspecified atom stereocenters. The van der Waals surface area contributed by atoms with Gasteiger partial charge in [-0.2, -0.15) is 0 Å². The van der Waals surface area contributed by atoms with Crippen LogP contribution in [0, 0.1) is 0 Å². The smallest absolute Gasteiger partial charge is 0.281 e. The van der Waals surface area contributed by atoms with Crippen molar-refractivity contribution in [3.05, 3.63) is 99.7 Å². The Morgan fingerprint density at radius 2 is 1.72 bits per heavy atom. The highest BCUT2D eigenvalue weighted by Crippen LogP contribution is 2.13. The average Bonchev–Trinajstić information content (AvgIpc) is 3.31. The van der Waals surface area contributed by atoms with Crippen molar-refractivity contribution in [3.63, 3.8) is 0 Å². The van der Waals surface area contributed by atoms with Crippen LogP contribution in [0.25, 0.3) is 11.0 Å². The summed E-state index contributed by atoms with van der Waals surface area (Å²) in [5.41, 5.74) is 4.28. The summed E-state index contributed by atoms with van der Waals surface area (Å²) in [5, 5.41) is 9.50. The number of fused-ring (bicyclic) bond motifs is 1. The number of hydrogen-bond donors (Lipinski definition) is 2. The van der Waals surface area contributed by atoms with Gasteiger partial charge in [-0.15, -0.1) is 16.4 Å². The minimum Gasteiger partial charge on any atom is -0.436 e.